The molecule has 0 aromatic carbocycles. The van der Waals surface area contributed by atoms with Crippen LogP contribution in [0.2, 0.25) is 0 Å². The second-order valence-electron chi connectivity index (χ2n) is 4.33. The predicted molar refractivity (Wildman–Crippen MR) is 63.9 cm³/mol. The first kappa shape index (κ1) is 13.3. The Morgan fingerprint density at radius 2 is 2.12 bits per heavy atom. The van der Waals surface area contributed by atoms with Gasteiger partial charge in [-0.2, -0.15) is 0 Å². The van der Waals surface area contributed by atoms with Crippen LogP contribution in [0.5, 0.6) is 0 Å². The van der Waals surface area contributed by atoms with Gasteiger partial charge in [-0.15, -0.1) is 0 Å². The summed E-state index contributed by atoms with van der Waals surface area (Å²) in [5.74, 6) is -1.09. The van der Waals surface area contributed by atoms with Crippen molar-refractivity contribution in [2.75, 3.05) is 6.54 Å². The number of carboxylic acid groups (broad SMARTS) is 1. The third-order valence-electron chi connectivity index (χ3n) is 2.74. The molecule has 0 aliphatic carbocycles. The van der Waals surface area contributed by atoms with Crippen molar-refractivity contribution in [2.24, 2.45) is 13.0 Å². The Morgan fingerprint density at radius 1 is 1.47 bits per heavy atom. The average molecular weight is 238 g/mol. The Morgan fingerprint density at radius 3 is 2.59 bits per heavy atom. The van der Waals surface area contributed by atoms with Gasteiger partial charge in [0, 0.05) is 25.7 Å². The van der Waals surface area contributed by atoms with Crippen molar-refractivity contribution in [3.05, 3.63) is 23.5 Å². The van der Waals surface area contributed by atoms with E-state index in [2.05, 4.69) is 5.32 Å². The highest BCUT2D eigenvalue weighted by atomic mass is 16.4. The van der Waals surface area contributed by atoms with Crippen molar-refractivity contribution >= 4 is 11.9 Å². The second-order valence-corrected chi connectivity index (χ2v) is 4.33. The van der Waals surface area contributed by atoms with Crippen molar-refractivity contribution < 1.29 is 14.7 Å². The SMILES string of the molecule is Cc1ccc(C(=O)NCC(C)CC(=O)O)n1C. The number of aryl methyl sites for hydroxylation is 1. The summed E-state index contributed by atoms with van der Waals surface area (Å²) in [4.78, 5) is 22.3. The van der Waals surface area contributed by atoms with Gasteiger partial charge in [-0.05, 0) is 25.0 Å². The Hall–Kier alpha value is -1.78. The molecular formula is C12H18N2O3. The lowest BCUT2D eigenvalue weighted by Gasteiger charge is -2.11. The van der Waals surface area contributed by atoms with Crippen molar-refractivity contribution in [3.63, 3.8) is 0 Å². The molecular weight excluding hydrogens is 220 g/mol. The molecule has 1 rings (SSSR count). The third kappa shape index (κ3) is 3.62. The average Bonchev–Trinajstić information content (AvgIpc) is 2.55. The summed E-state index contributed by atoms with van der Waals surface area (Å²) in [6, 6.07) is 3.63. The summed E-state index contributed by atoms with van der Waals surface area (Å²) < 4.78 is 1.80. The molecule has 1 heterocycles. The first-order valence-electron chi connectivity index (χ1n) is 5.54. The van der Waals surface area contributed by atoms with Crippen LogP contribution in [0.4, 0.5) is 0 Å². The van der Waals surface area contributed by atoms with Crippen LogP contribution in [0.1, 0.15) is 29.5 Å². The lowest BCUT2D eigenvalue weighted by atomic mass is 10.1. The molecule has 0 spiro atoms. The maximum absolute atomic E-state index is 11.8. The van der Waals surface area contributed by atoms with Gasteiger partial charge < -0.3 is 15.0 Å². The lowest BCUT2D eigenvalue weighted by Crippen LogP contribution is -2.30. The summed E-state index contributed by atoms with van der Waals surface area (Å²) >= 11 is 0. The fraction of sp³-hybridized carbons (Fsp3) is 0.500. The first-order valence-corrected chi connectivity index (χ1v) is 5.54. The van der Waals surface area contributed by atoms with Crippen LogP contribution in [0.15, 0.2) is 12.1 Å². The molecule has 1 unspecified atom stereocenters. The van der Waals surface area contributed by atoms with Gasteiger partial charge >= 0.3 is 5.97 Å². The summed E-state index contributed by atoms with van der Waals surface area (Å²) in [5, 5.41) is 11.3. The van der Waals surface area contributed by atoms with Crippen LogP contribution in [0.3, 0.4) is 0 Å². The lowest BCUT2D eigenvalue weighted by molar-refractivity contribution is -0.137. The summed E-state index contributed by atoms with van der Waals surface area (Å²) in [5.41, 5.74) is 1.60. The molecule has 0 aliphatic rings. The fourth-order valence-electron chi connectivity index (χ4n) is 1.57. The van der Waals surface area contributed by atoms with Crippen LogP contribution >= 0.6 is 0 Å². The number of rotatable bonds is 5. The van der Waals surface area contributed by atoms with Gasteiger partial charge in [0.25, 0.3) is 5.91 Å². The van der Waals surface area contributed by atoms with E-state index in [4.69, 9.17) is 5.11 Å². The van der Waals surface area contributed by atoms with Gasteiger partial charge in [-0.3, -0.25) is 9.59 Å². The number of carbonyl (C=O) groups excluding carboxylic acids is 1. The van der Waals surface area contributed by atoms with Crippen molar-refractivity contribution in [1.29, 1.82) is 0 Å². The van der Waals surface area contributed by atoms with Crippen molar-refractivity contribution in [1.82, 2.24) is 9.88 Å². The van der Waals surface area contributed by atoms with Crippen LogP contribution < -0.4 is 5.32 Å². The van der Waals surface area contributed by atoms with E-state index in [1.54, 1.807) is 17.6 Å². The molecule has 1 amide bonds. The Labute approximate surface area is 100 Å². The van der Waals surface area contributed by atoms with Crippen LogP contribution in [0.25, 0.3) is 0 Å². The normalized spacial score (nSPS) is 12.2. The highest BCUT2D eigenvalue weighted by molar-refractivity contribution is 5.92. The molecule has 5 heteroatoms. The van der Waals surface area contributed by atoms with Gasteiger partial charge in [0.1, 0.15) is 5.69 Å². The molecule has 0 radical (unpaired) electrons. The molecule has 1 aromatic heterocycles. The van der Waals surface area contributed by atoms with Gasteiger partial charge in [0.2, 0.25) is 0 Å². The van der Waals surface area contributed by atoms with Gasteiger partial charge in [0.15, 0.2) is 0 Å². The molecule has 0 aliphatic heterocycles. The Kier molecular flexibility index (Phi) is 4.31. The van der Waals surface area contributed by atoms with E-state index in [1.165, 1.54) is 0 Å². The summed E-state index contributed by atoms with van der Waals surface area (Å²) in [7, 11) is 1.82. The fourth-order valence-corrected chi connectivity index (χ4v) is 1.57. The molecule has 1 atom stereocenters. The number of nitrogens with zero attached hydrogens (tertiary/aromatic N) is 1. The number of hydrogen-bond acceptors (Lipinski definition) is 2. The Balaban J connectivity index is 2.50. The van der Waals surface area contributed by atoms with Gasteiger partial charge in [-0.25, -0.2) is 0 Å². The van der Waals surface area contributed by atoms with Gasteiger partial charge in [-0.1, -0.05) is 6.92 Å². The van der Waals surface area contributed by atoms with Crippen LogP contribution in [-0.4, -0.2) is 28.1 Å². The number of amides is 1. The topological polar surface area (TPSA) is 71.3 Å². The van der Waals surface area contributed by atoms with E-state index in [1.807, 2.05) is 20.0 Å². The zero-order valence-corrected chi connectivity index (χ0v) is 10.4. The maximum atomic E-state index is 11.8. The summed E-state index contributed by atoms with van der Waals surface area (Å²) in [6.45, 7) is 4.09. The predicted octanol–water partition coefficient (Wildman–Crippen LogP) is 1.17. The molecule has 2 N–H and O–H groups in total. The molecule has 0 saturated carbocycles. The molecule has 0 fully saturated rings. The molecule has 5 nitrogen and oxygen atoms in total. The van der Waals surface area contributed by atoms with E-state index >= 15 is 0 Å². The minimum atomic E-state index is -0.846. The highest BCUT2D eigenvalue weighted by Gasteiger charge is 2.13. The standard InChI is InChI=1S/C12H18N2O3/c1-8(6-11(15)16)7-13-12(17)10-5-4-9(2)14(10)3/h4-5,8H,6-7H2,1-3H3,(H,13,17)(H,15,16). The smallest absolute Gasteiger partial charge is 0.303 e. The molecule has 94 valence electrons. The molecule has 1 aromatic rings. The van der Waals surface area contributed by atoms with E-state index in [9.17, 15) is 9.59 Å². The van der Waals surface area contributed by atoms with Crippen LogP contribution in [0, 0.1) is 12.8 Å². The first-order chi connectivity index (χ1) is 7.91. The highest BCUT2D eigenvalue weighted by Crippen LogP contribution is 2.06. The number of aliphatic carboxylic acids is 1. The number of carbonyl (C=O) groups is 2. The summed E-state index contributed by atoms with van der Waals surface area (Å²) in [6.07, 6.45) is 0.0619. The zero-order chi connectivity index (χ0) is 13.0. The number of nitrogens with one attached hydrogen (secondary N) is 1. The minimum Gasteiger partial charge on any atom is -0.481 e. The van der Waals surface area contributed by atoms with E-state index in [0.29, 0.717) is 12.2 Å². The van der Waals surface area contributed by atoms with Gasteiger partial charge in [0.05, 0.1) is 0 Å². The number of hydrogen-bond donors (Lipinski definition) is 2. The van der Waals surface area contributed by atoms with E-state index in [0.717, 1.165) is 5.69 Å². The largest absolute Gasteiger partial charge is 0.481 e. The van der Waals surface area contributed by atoms with Crippen molar-refractivity contribution in [2.45, 2.75) is 20.3 Å². The van der Waals surface area contributed by atoms with Crippen LogP contribution in [-0.2, 0) is 11.8 Å². The molecule has 0 bridgehead atoms. The maximum Gasteiger partial charge on any atom is 0.303 e. The third-order valence-corrected chi connectivity index (χ3v) is 2.74. The number of carboxylic acids is 1. The minimum absolute atomic E-state index is 0.0619. The molecule has 17 heavy (non-hydrogen) atoms. The quantitative estimate of drug-likeness (QED) is 0.809. The van der Waals surface area contributed by atoms with E-state index < -0.39 is 5.97 Å². The number of aromatic nitrogens is 1. The monoisotopic (exact) mass is 238 g/mol. The Bertz CT molecular complexity index is 423. The second kappa shape index (κ2) is 5.52. The molecule has 0 saturated heterocycles. The van der Waals surface area contributed by atoms with E-state index in [-0.39, 0.29) is 18.2 Å². The zero-order valence-electron chi connectivity index (χ0n) is 10.4. The van der Waals surface area contributed by atoms with Crippen molar-refractivity contribution in [3.8, 4) is 0 Å².